The Labute approximate surface area is 170 Å². The Morgan fingerprint density at radius 2 is 1.76 bits per heavy atom. The van der Waals surface area contributed by atoms with Crippen molar-refractivity contribution in [3.05, 3.63) is 66.0 Å². The van der Waals surface area contributed by atoms with E-state index in [-0.39, 0.29) is 36.8 Å². The van der Waals surface area contributed by atoms with Crippen molar-refractivity contribution in [3.8, 4) is 0 Å². The molecule has 1 fully saturated rings. The molecule has 154 valence electrons. The molecule has 2 N–H and O–H groups in total. The molecule has 0 spiro atoms. The Morgan fingerprint density at radius 1 is 1.03 bits per heavy atom. The lowest BCUT2D eigenvalue weighted by molar-refractivity contribution is -0.132. The number of anilines is 1. The fraction of sp³-hybridized carbons (Fsp3) is 0.364. The zero-order chi connectivity index (χ0) is 20.6. The number of amides is 2. The minimum atomic E-state index is -0.384. The minimum Gasteiger partial charge on any atom is -0.339 e. The Morgan fingerprint density at radius 3 is 2.45 bits per heavy atom. The topological polar surface area (TPSA) is 64.7 Å². The maximum absolute atomic E-state index is 13.2. The largest absolute Gasteiger partial charge is 0.339 e. The summed E-state index contributed by atoms with van der Waals surface area (Å²) in [5.74, 6) is -0.504. The number of hydrogen-bond donors (Lipinski definition) is 2. The first kappa shape index (κ1) is 21.0. The molecule has 1 aliphatic rings. The van der Waals surface area contributed by atoms with Crippen molar-refractivity contribution in [2.75, 3.05) is 44.6 Å². The van der Waals surface area contributed by atoms with Crippen LogP contribution in [0.25, 0.3) is 0 Å². The second-order valence-corrected chi connectivity index (χ2v) is 7.23. The van der Waals surface area contributed by atoms with E-state index in [0.29, 0.717) is 31.9 Å². The van der Waals surface area contributed by atoms with Gasteiger partial charge in [0.25, 0.3) is 0 Å². The van der Waals surface area contributed by atoms with E-state index in [0.717, 1.165) is 5.56 Å². The van der Waals surface area contributed by atoms with E-state index in [2.05, 4.69) is 10.6 Å². The zero-order valence-corrected chi connectivity index (χ0v) is 16.6. The number of nitrogens with one attached hydrogen (secondary N) is 2. The molecular formula is C22H27FN4O2. The molecule has 1 saturated heterocycles. The van der Waals surface area contributed by atoms with Crippen LogP contribution in [-0.2, 0) is 9.59 Å². The van der Waals surface area contributed by atoms with E-state index in [4.69, 9.17) is 0 Å². The molecule has 7 heteroatoms. The van der Waals surface area contributed by atoms with Gasteiger partial charge < -0.3 is 15.5 Å². The highest BCUT2D eigenvalue weighted by Crippen LogP contribution is 2.12. The number of halogens is 1. The van der Waals surface area contributed by atoms with Crippen molar-refractivity contribution in [2.24, 2.45) is 0 Å². The van der Waals surface area contributed by atoms with E-state index in [1.807, 2.05) is 47.1 Å². The lowest BCUT2D eigenvalue weighted by atomic mass is 10.1. The predicted octanol–water partition coefficient (Wildman–Crippen LogP) is 2.26. The number of hydrogen-bond acceptors (Lipinski definition) is 4. The van der Waals surface area contributed by atoms with Gasteiger partial charge in [-0.15, -0.1) is 0 Å². The third kappa shape index (κ3) is 6.37. The van der Waals surface area contributed by atoms with Gasteiger partial charge >= 0.3 is 0 Å². The predicted molar refractivity (Wildman–Crippen MR) is 111 cm³/mol. The molecule has 6 nitrogen and oxygen atoms in total. The average Bonchev–Trinajstić information content (AvgIpc) is 2.73. The molecule has 0 aliphatic carbocycles. The Kier molecular flexibility index (Phi) is 7.32. The maximum Gasteiger partial charge on any atom is 0.238 e. The highest BCUT2D eigenvalue weighted by atomic mass is 19.1. The summed E-state index contributed by atoms with van der Waals surface area (Å²) in [5, 5.41) is 5.97. The van der Waals surface area contributed by atoms with Gasteiger partial charge in [0.2, 0.25) is 11.8 Å². The first-order valence-electron chi connectivity index (χ1n) is 9.85. The van der Waals surface area contributed by atoms with Crippen LogP contribution < -0.4 is 10.6 Å². The van der Waals surface area contributed by atoms with Gasteiger partial charge in [0.1, 0.15) is 5.82 Å². The number of carbonyl (C=O) groups is 2. The van der Waals surface area contributed by atoms with Gasteiger partial charge in [-0.1, -0.05) is 36.4 Å². The molecule has 0 unspecified atom stereocenters. The lowest BCUT2D eigenvalue weighted by Gasteiger charge is -2.34. The Hall–Kier alpha value is -2.77. The Balaban J connectivity index is 1.38. The van der Waals surface area contributed by atoms with Crippen LogP contribution in [0.15, 0.2) is 54.6 Å². The van der Waals surface area contributed by atoms with Crippen molar-refractivity contribution in [1.82, 2.24) is 15.1 Å². The van der Waals surface area contributed by atoms with Gasteiger partial charge in [-0.05, 0) is 30.7 Å². The van der Waals surface area contributed by atoms with Crippen LogP contribution in [0.1, 0.15) is 18.5 Å². The molecule has 2 aromatic carbocycles. The van der Waals surface area contributed by atoms with Crippen LogP contribution >= 0.6 is 0 Å². The van der Waals surface area contributed by atoms with Crippen LogP contribution in [0.3, 0.4) is 0 Å². The van der Waals surface area contributed by atoms with Gasteiger partial charge in [-0.3, -0.25) is 14.5 Å². The number of carbonyl (C=O) groups excluding carboxylic acids is 2. The van der Waals surface area contributed by atoms with Crippen LogP contribution in [0.4, 0.5) is 10.1 Å². The van der Waals surface area contributed by atoms with Crippen LogP contribution in [0, 0.1) is 5.82 Å². The minimum absolute atomic E-state index is 0.0663. The van der Waals surface area contributed by atoms with Crippen LogP contribution in [-0.4, -0.2) is 60.9 Å². The van der Waals surface area contributed by atoms with Crippen molar-refractivity contribution < 1.29 is 14.0 Å². The second kappa shape index (κ2) is 10.1. The van der Waals surface area contributed by atoms with Gasteiger partial charge in [-0.25, -0.2) is 4.39 Å². The highest BCUT2D eigenvalue weighted by Gasteiger charge is 2.22. The van der Waals surface area contributed by atoms with Crippen molar-refractivity contribution in [2.45, 2.75) is 13.0 Å². The first-order valence-corrected chi connectivity index (χ1v) is 9.85. The molecule has 3 rings (SSSR count). The summed E-state index contributed by atoms with van der Waals surface area (Å²) in [6.07, 6.45) is 0. The smallest absolute Gasteiger partial charge is 0.238 e. The molecule has 29 heavy (non-hydrogen) atoms. The first-order chi connectivity index (χ1) is 14.0. The fourth-order valence-corrected chi connectivity index (χ4v) is 3.34. The van der Waals surface area contributed by atoms with Crippen molar-refractivity contribution >= 4 is 17.5 Å². The van der Waals surface area contributed by atoms with Crippen molar-refractivity contribution in [3.63, 3.8) is 0 Å². The maximum atomic E-state index is 13.2. The Bertz CT molecular complexity index is 823. The summed E-state index contributed by atoms with van der Waals surface area (Å²) in [6.45, 7) is 5.00. The van der Waals surface area contributed by atoms with E-state index in [9.17, 15) is 14.0 Å². The monoisotopic (exact) mass is 398 g/mol. The van der Waals surface area contributed by atoms with Crippen molar-refractivity contribution in [1.29, 1.82) is 0 Å². The molecule has 2 aromatic rings. The van der Waals surface area contributed by atoms with Gasteiger partial charge in [-0.2, -0.15) is 0 Å². The molecule has 1 atom stereocenters. The van der Waals surface area contributed by atoms with Gasteiger partial charge in [0.05, 0.1) is 13.1 Å². The number of benzene rings is 2. The molecule has 0 saturated carbocycles. The number of rotatable bonds is 7. The molecule has 1 aliphatic heterocycles. The summed E-state index contributed by atoms with van der Waals surface area (Å²) >= 11 is 0. The van der Waals surface area contributed by atoms with Crippen LogP contribution in [0.2, 0.25) is 0 Å². The third-order valence-electron chi connectivity index (χ3n) is 5.06. The fourth-order valence-electron chi connectivity index (χ4n) is 3.34. The molecule has 0 aromatic heterocycles. The van der Waals surface area contributed by atoms with Crippen LogP contribution in [0.5, 0.6) is 0 Å². The summed E-state index contributed by atoms with van der Waals surface area (Å²) in [4.78, 5) is 28.4. The van der Waals surface area contributed by atoms with E-state index < -0.39 is 0 Å². The van der Waals surface area contributed by atoms with E-state index >= 15 is 0 Å². The highest BCUT2D eigenvalue weighted by molar-refractivity contribution is 5.92. The van der Waals surface area contributed by atoms with E-state index in [1.165, 1.54) is 12.1 Å². The summed E-state index contributed by atoms with van der Waals surface area (Å²) < 4.78 is 13.2. The third-order valence-corrected chi connectivity index (χ3v) is 5.06. The standard InChI is InChI=1S/C22H27FN4O2/c1-17(18-6-3-2-4-7-18)24-15-22(29)27-12-10-26(11-13-27)16-21(28)25-20-9-5-8-19(23)14-20/h2-9,14,17,24H,10-13,15-16H2,1H3,(H,25,28)/t17-/m0/s1. The number of piperazine rings is 1. The molecule has 0 radical (unpaired) electrons. The molecule has 1 heterocycles. The lowest BCUT2D eigenvalue weighted by Crippen LogP contribution is -2.52. The summed E-state index contributed by atoms with van der Waals surface area (Å²) in [6, 6.07) is 16.0. The SMILES string of the molecule is C[C@H](NCC(=O)N1CCN(CC(=O)Nc2cccc(F)c2)CC1)c1ccccc1. The van der Waals surface area contributed by atoms with E-state index in [1.54, 1.807) is 12.1 Å². The quantitative estimate of drug-likeness (QED) is 0.751. The zero-order valence-electron chi connectivity index (χ0n) is 16.6. The number of nitrogens with zero attached hydrogens (tertiary/aromatic N) is 2. The summed E-state index contributed by atoms with van der Waals surface area (Å²) in [7, 11) is 0. The molecule has 2 amide bonds. The average molecular weight is 398 g/mol. The molecular weight excluding hydrogens is 371 g/mol. The second-order valence-electron chi connectivity index (χ2n) is 7.23. The molecule has 0 bridgehead atoms. The normalized spacial score (nSPS) is 15.7. The van der Waals surface area contributed by atoms with Gasteiger partial charge in [0.15, 0.2) is 0 Å². The van der Waals surface area contributed by atoms with Gasteiger partial charge in [0, 0.05) is 37.9 Å². The summed E-state index contributed by atoms with van der Waals surface area (Å²) in [5.41, 5.74) is 1.59.